The number of alkyl halides is 3. The summed E-state index contributed by atoms with van der Waals surface area (Å²) >= 11 is 6.23. The van der Waals surface area contributed by atoms with Crippen LogP contribution in [0.2, 0.25) is 5.02 Å². The summed E-state index contributed by atoms with van der Waals surface area (Å²) in [6, 6.07) is 4.16. The zero-order chi connectivity index (χ0) is 22.9. The van der Waals surface area contributed by atoms with E-state index in [0.717, 1.165) is 4.90 Å². The number of hydrogen-bond donors (Lipinski definition) is 1. The lowest BCUT2D eigenvalue weighted by Crippen LogP contribution is -2.58. The molecule has 0 saturated heterocycles. The highest BCUT2D eigenvalue weighted by molar-refractivity contribution is 6.32. The molecule has 164 valence electrons. The summed E-state index contributed by atoms with van der Waals surface area (Å²) in [6.07, 6.45) is -0.852. The van der Waals surface area contributed by atoms with Crippen molar-refractivity contribution in [1.82, 2.24) is 0 Å². The van der Waals surface area contributed by atoms with Crippen LogP contribution in [0.4, 0.5) is 18.9 Å². The number of aliphatic carboxylic acids is 1. The summed E-state index contributed by atoms with van der Waals surface area (Å²) in [5, 5.41) is 9.81. The number of hydrogen-bond acceptors (Lipinski definition) is 4. The fraction of sp³-hybridized carbons (Fsp3) is 0.500. The van der Waals surface area contributed by atoms with E-state index in [2.05, 4.69) is 4.74 Å². The van der Waals surface area contributed by atoms with Crippen molar-refractivity contribution < 1.29 is 37.3 Å². The number of carbonyl (C=O) groups excluding carboxylic acids is 1. The summed E-state index contributed by atoms with van der Waals surface area (Å²) < 4.78 is 46.1. The van der Waals surface area contributed by atoms with Crippen molar-refractivity contribution >= 4 is 29.2 Å². The fourth-order valence-corrected chi connectivity index (χ4v) is 3.28. The van der Waals surface area contributed by atoms with Gasteiger partial charge in [-0.25, -0.2) is 4.79 Å². The number of carbonyl (C=O) groups is 2. The molecule has 1 N–H and O–H groups in total. The van der Waals surface area contributed by atoms with Crippen LogP contribution in [0.25, 0.3) is 0 Å². The Morgan fingerprint density at radius 2 is 1.90 bits per heavy atom. The minimum Gasteiger partial charge on any atom is -0.489 e. The smallest absolute Gasteiger partial charge is 0.489 e. The monoisotopic (exact) mass is 447 g/mol. The van der Waals surface area contributed by atoms with Crippen molar-refractivity contribution in [3.8, 4) is 18.1 Å². The van der Waals surface area contributed by atoms with E-state index in [-0.39, 0.29) is 29.3 Å². The molecule has 0 radical (unpaired) electrons. The predicted octanol–water partition coefficient (Wildman–Crippen LogP) is 4.25. The Kier molecular flexibility index (Phi) is 6.94. The van der Waals surface area contributed by atoms with Crippen LogP contribution in [0.1, 0.15) is 33.6 Å². The molecule has 0 heterocycles. The SMILES string of the molecule is C#CC(=O)N(c1ccc(OC2CC(OC(F)(F)F)C2)c(Cl)c1)C(C)(C(=O)O)C(C)C. The lowest BCUT2D eigenvalue weighted by atomic mass is 9.85. The number of carboxylic acid groups (broad SMARTS) is 1. The van der Waals surface area contributed by atoms with Crippen molar-refractivity contribution in [2.75, 3.05) is 4.90 Å². The molecule has 2 rings (SSSR count). The van der Waals surface area contributed by atoms with Crippen molar-refractivity contribution in [1.29, 1.82) is 0 Å². The van der Waals surface area contributed by atoms with Gasteiger partial charge < -0.3 is 9.84 Å². The maximum atomic E-state index is 12.4. The fourth-order valence-electron chi connectivity index (χ4n) is 3.06. The molecule has 1 unspecified atom stereocenters. The van der Waals surface area contributed by atoms with Crippen molar-refractivity contribution in [3.05, 3.63) is 23.2 Å². The van der Waals surface area contributed by atoms with Gasteiger partial charge in [-0.2, -0.15) is 0 Å². The van der Waals surface area contributed by atoms with Gasteiger partial charge in [0.25, 0.3) is 0 Å². The van der Waals surface area contributed by atoms with E-state index in [4.69, 9.17) is 22.8 Å². The van der Waals surface area contributed by atoms with Crippen LogP contribution in [0.5, 0.6) is 5.75 Å². The Bertz CT molecular complexity index is 861. The van der Waals surface area contributed by atoms with Crippen molar-refractivity contribution in [2.45, 2.75) is 57.7 Å². The van der Waals surface area contributed by atoms with Gasteiger partial charge in [0.05, 0.1) is 11.1 Å². The molecule has 1 amide bonds. The maximum absolute atomic E-state index is 12.4. The topological polar surface area (TPSA) is 76.1 Å². The molecule has 0 spiro atoms. The highest BCUT2D eigenvalue weighted by atomic mass is 35.5. The number of ether oxygens (including phenoxy) is 2. The normalized spacial score (nSPS) is 20.6. The highest BCUT2D eigenvalue weighted by Crippen LogP contribution is 2.38. The van der Waals surface area contributed by atoms with Crippen LogP contribution in [0.15, 0.2) is 18.2 Å². The summed E-state index contributed by atoms with van der Waals surface area (Å²) in [6.45, 7) is 4.66. The third kappa shape index (κ3) is 4.99. The molecule has 1 aromatic carbocycles. The molecular formula is C20H21ClF3NO5. The number of benzene rings is 1. The van der Waals surface area contributed by atoms with Crippen LogP contribution in [0.3, 0.4) is 0 Å². The Morgan fingerprint density at radius 3 is 2.33 bits per heavy atom. The molecule has 0 aliphatic heterocycles. The number of terminal acetylenes is 1. The number of anilines is 1. The molecule has 1 saturated carbocycles. The highest BCUT2D eigenvalue weighted by Gasteiger charge is 2.46. The molecule has 1 aromatic rings. The van der Waals surface area contributed by atoms with E-state index >= 15 is 0 Å². The lowest BCUT2D eigenvalue weighted by Gasteiger charge is -2.40. The second-order valence-electron chi connectivity index (χ2n) is 7.40. The molecule has 6 nitrogen and oxygen atoms in total. The number of halogens is 4. The molecule has 1 aliphatic carbocycles. The number of rotatable bonds is 7. The minimum atomic E-state index is -4.70. The van der Waals surface area contributed by atoms with Gasteiger partial charge in [0, 0.05) is 18.5 Å². The van der Waals surface area contributed by atoms with Gasteiger partial charge in [-0.15, -0.1) is 19.6 Å². The van der Waals surface area contributed by atoms with E-state index in [1.165, 1.54) is 25.1 Å². The molecule has 10 heteroatoms. The first-order chi connectivity index (χ1) is 13.8. The molecular weight excluding hydrogens is 427 g/mol. The van der Waals surface area contributed by atoms with Gasteiger partial charge in [0.15, 0.2) is 0 Å². The largest absolute Gasteiger partial charge is 0.522 e. The van der Waals surface area contributed by atoms with E-state index in [1.807, 2.05) is 5.92 Å². The van der Waals surface area contributed by atoms with Gasteiger partial charge in [-0.05, 0) is 37.0 Å². The maximum Gasteiger partial charge on any atom is 0.522 e. The first kappa shape index (κ1) is 23.8. The first-order valence-corrected chi connectivity index (χ1v) is 9.42. The lowest BCUT2D eigenvalue weighted by molar-refractivity contribution is -0.355. The van der Waals surface area contributed by atoms with E-state index in [1.54, 1.807) is 13.8 Å². The Balaban J connectivity index is 2.23. The van der Waals surface area contributed by atoms with Crippen molar-refractivity contribution in [2.24, 2.45) is 5.92 Å². The Morgan fingerprint density at radius 1 is 1.30 bits per heavy atom. The summed E-state index contributed by atoms with van der Waals surface area (Å²) in [5.74, 6) is -0.486. The molecule has 1 atom stereocenters. The second kappa shape index (κ2) is 8.74. The average Bonchev–Trinajstić information content (AvgIpc) is 2.59. The number of amides is 1. The number of nitrogens with zero attached hydrogens (tertiary/aromatic N) is 1. The standard InChI is InChI=1S/C20H21ClF3NO5/c1-5-17(26)25(19(4,11(2)3)18(27)28)12-6-7-16(15(21)8-12)29-13-9-14(10-13)30-20(22,23)24/h1,6-8,11,13-14H,9-10H2,2-4H3,(H,27,28). The summed E-state index contributed by atoms with van der Waals surface area (Å²) in [5.41, 5.74) is -1.49. The van der Waals surface area contributed by atoms with Crippen LogP contribution in [-0.4, -0.2) is 41.1 Å². The quantitative estimate of drug-likeness (QED) is 0.632. The van der Waals surface area contributed by atoms with E-state index in [0.29, 0.717) is 0 Å². The van der Waals surface area contributed by atoms with Gasteiger partial charge >= 0.3 is 18.2 Å². The Labute approximate surface area is 176 Å². The summed E-state index contributed by atoms with van der Waals surface area (Å²) in [4.78, 5) is 25.3. The van der Waals surface area contributed by atoms with Crippen LogP contribution >= 0.6 is 11.6 Å². The second-order valence-corrected chi connectivity index (χ2v) is 7.81. The van der Waals surface area contributed by atoms with Gasteiger partial charge in [-0.1, -0.05) is 25.4 Å². The minimum absolute atomic E-state index is 0.0454. The van der Waals surface area contributed by atoms with Crippen LogP contribution < -0.4 is 9.64 Å². The molecule has 1 aliphatic rings. The average molecular weight is 448 g/mol. The molecule has 0 bridgehead atoms. The van der Waals surface area contributed by atoms with E-state index < -0.39 is 41.9 Å². The van der Waals surface area contributed by atoms with Crippen molar-refractivity contribution in [3.63, 3.8) is 0 Å². The molecule has 1 fully saturated rings. The van der Waals surface area contributed by atoms with Gasteiger partial charge in [0.2, 0.25) is 0 Å². The first-order valence-electron chi connectivity index (χ1n) is 9.04. The zero-order valence-corrected chi connectivity index (χ0v) is 17.3. The Hall–Kier alpha value is -2.44. The van der Waals surface area contributed by atoms with Crippen LogP contribution in [0, 0.1) is 18.3 Å². The summed E-state index contributed by atoms with van der Waals surface area (Å²) in [7, 11) is 0. The zero-order valence-electron chi connectivity index (χ0n) is 16.5. The predicted molar refractivity (Wildman–Crippen MR) is 103 cm³/mol. The van der Waals surface area contributed by atoms with Gasteiger partial charge in [-0.3, -0.25) is 14.4 Å². The number of carboxylic acids is 1. The molecule has 30 heavy (non-hydrogen) atoms. The van der Waals surface area contributed by atoms with Crippen LogP contribution in [-0.2, 0) is 14.3 Å². The molecule has 0 aromatic heterocycles. The van der Waals surface area contributed by atoms with E-state index in [9.17, 15) is 27.9 Å². The van der Waals surface area contributed by atoms with Gasteiger partial charge in [0.1, 0.15) is 17.4 Å². The third-order valence-corrected chi connectivity index (χ3v) is 5.46. The third-order valence-electron chi connectivity index (χ3n) is 5.17.